The number of rotatable bonds is 8. The van der Waals surface area contributed by atoms with Gasteiger partial charge in [-0.25, -0.2) is 4.79 Å². The topological polar surface area (TPSA) is 36.0 Å². The highest BCUT2D eigenvalue weighted by atomic mass is 16.5. The van der Waals surface area contributed by atoms with E-state index in [-0.39, 0.29) is 17.1 Å². The molecule has 1 heterocycles. The molecule has 1 saturated heterocycles. The Labute approximate surface area is 211 Å². The summed E-state index contributed by atoms with van der Waals surface area (Å²) in [6.45, 7) is 5.69. The number of hydrogen-bond donors (Lipinski definition) is 0. The lowest BCUT2D eigenvalue weighted by atomic mass is 9.68. The lowest BCUT2D eigenvalue weighted by Gasteiger charge is -2.52. The molecular formula is C30H41N3O2. The van der Waals surface area contributed by atoms with Gasteiger partial charge in [0.15, 0.2) is 0 Å². The van der Waals surface area contributed by atoms with Crippen LogP contribution in [-0.4, -0.2) is 60.1 Å². The predicted molar refractivity (Wildman–Crippen MR) is 140 cm³/mol. The minimum absolute atomic E-state index is 0.0483. The van der Waals surface area contributed by atoms with Crippen LogP contribution in [0.5, 0.6) is 5.75 Å². The number of hydrogen-bond acceptors (Lipinski definition) is 3. The summed E-state index contributed by atoms with van der Waals surface area (Å²) in [6, 6.07) is 19.4. The van der Waals surface area contributed by atoms with Gasteiger partial charge in [0.25, 0.3) is 0 Å². The molecule has 0 unspecified atom stereocenters. The van der Waals surface area contributed by atoms with Crippen molar-refractivity contribution in [3.8, 4) is 5.75 Å². The van der Waals surface area contributed by atoms with Crippen molar-refractivity contribution >= 4 is 6.03 Å². The van der Waals surface area contributed by atoms with E-state index in [1.807, 2.05) is 12.1 Å². The van der Waals surface area contributed by atoms with E-state index in [9.17, 15) is 4.79 Å². The van der Waals surface area contributed by atoms with Crippen LogP contribution < -0.4 is 4.74 Å². The van der Waals surface area contributed by atoms with Gasteiger partial charge >= 0.3 is 6.03 Å². The Balaban J connectivity index is 1.40. The maximum Gasteiger partial charge on any atom is 0.320 e. The molecule has 2 aromatic carbocycles. The van der Waals surface area contributed by atoms with Crippen LogP contribution >= 0.6 is 0 Å². The lowest BCUT2D eigenvalue weighted by molar-refractivity contribution is 0.00699. The Morgan fingerprint density at radius 1 is 1.03 bits per heavy atom. The quantitative estimate of drug-likeness (QED) is 0.477. The summed E-state index contributed by atoms with van der Waals surface area (Å²) >= 11 is 0. The average molecular weight is 476 g/mol. The first kappa shape index (κ1) is 24.2. The van der Waals surface area contributed by atoms with Crippen molar-refractivity contribution in [2.24, 2.45) is 5.92 Å². The van der Waals surface area contributed by atoms with Crippen LogP contribution in [0, 0.1) is 5.92 Å². The molecule has 0 bridgehead atoms. The number of carbonyl (C=O) groups excluding carboxylic acids is 1. The minimum Gasteiger partial charge on any atom is -0.497 e. The van der Waals surface area contributed by atoms with E-state index in [0.717, 1.165) is 56.6 Å². The zero-order chi connectivity index (χ0) is 24.5. The third-order valence-corrected chi connectivity index (χ3v) is 9.26. The monoisotopic (exact) mass is 475 g/mol. The first-order chi connectivity index (χ1) is 17.0. The highest BCUT2D eigenvalue weighted by Crippen LogP contribution is 2.50. The molecule has 3 aliphatic rings. The molecule has 0 N–H and O–H groups in total. The van der Waals surface area contributed by atoms with Crippen molar-refractivity contribution in [2.75, 3.05) is 33.8 Å². The summed E-state index contributed by atoms with van der Waals surface area (Å²) in [5.74, 6) is 1.52. The van der Waals surface area contributed by atoms with Crippen LogP contribution in [0.15, 0.2) is 54.6 Å². The molecule has 5 nitrogen and oxygen atoms in total. The second kappa shape index (κ2) is 9.85. The summed E-state index contributed by atoms with van der Waals surface area (Å²) in [4.78, 5) is 20.8. The predicted octanol–water partition coefficient (Wildman–Crippen LogP) is 5.89. The molecule has 1 aliphatic heterocycles. The number of amides is 2. The highest BCUT2D eigenvalue weighted by Gasteiger charge is 2.55. The van der Waals surface area contributed by atoms with Gasteiger partial charge in [0.2, 0.25) is 0 Å². The second-order valence-electron chi connectivity index (χ2n) is 11.0. The van der Waals surface area contributed by atoms with E-state index in [1.165, 1.54) is 24.8 Å². The third-order valence-electron chi connectivity index (χ3n) is 9.26. The molecule has 0 radical (unpaired) electrons. The Kier molecular flexibility index (Phi) is 6.80. The first-order valence-corrected chi connectivity index (χ1v) is 13.5. The standard InChI is InChI=1S/C30H41N3O2/c1-4-31(2)30(26-13-6-5-7-14-26)18-16-29(17-19-30)23-32(21-25-12-9-15-27(20-25)35-3)28(34)33(29)22-24-10-8-11-24/h5-7,9,12-15,20,24H,4,8,10-11,16-19,21-23H2,1-3H3. The second-order valence-corrected chi connectivity index (χ2v) is 11.0. The molecule has 5 heteroatoms. The maximum absolute atomic E-state index is 13.8. The lowest BCUT2D eigenvalue weighted by Crippen LogP contribution is -2.57. The molecule has 35 heavy (non-hydrogen) atoms. The van der Waals surface area contributed by atoms with Crippen LogP contribution in [0.3, 0.4) is 0 Å². The number of benzene rings is 2. The third kappa shape index (κ3) is 4.44. The molecule has 0 aromatic heterocycles. The fourth-order valence-electron chi connectivity index (χ4n) is 6.70. The van der Waals surface area contributed by atoms with Crippen LogP contribution in [-0.2, 0) is 12.1 Å². The molecule has 2 aliphatic carbocycles. The van der Waals surface area contributed by atoms with E-state index in [4.69, 9.17) is 4.74 Å². The van der Waals surface area contributed by atoms with Crippen molar-refractivity contribution in [1.82, 2.24) is 14.7 Å². The number of nitrogens with zero attached hydrogens (tertiary/aromatic N) is 3. The smallest absolute Gasteiger partial charge is 0.320 e. The Morgan fingerprint density at radius 2 is 1.77 bits per heavy atom. The summed E-state index contributed by atoms with van der Waals surface area (Å²) in [6.07, 6.45) is 8.13. The fourth-order valence-corrected chi connectivity index (χ4v) is 6.70. The van der Waals surface area contributed by atoms with Gasteiger partial charge in [0.1, 0.15) is 5.75 Å². The van der Waals surface area contributed by atoms with Crippen LogP contribution in [0.2, 0.25) is 0 Å². The van der Waals surface area contributed by atoms with Gasteiger partial charge in [0, 0.05) is 25.2 Å². The molecule has 0 atom stereocenters. The average Bonchev–Trinajstić information content (AvgIpc) is 3.12. The van der Waals surface area contributed by atoms with Gasteiger partial charge in [-0.15, -0.1) is 0 Å². The van der Waals surface area contributed by atoms with Crippen molar-refractivity contribution in [3.05, 3.63) is 65.7 Å². The SMILES string of the molecule is CCN(C)C1(c2ccccc2)CCC2(CC1)CN(Cc1cccc(OC)c1)C(=O)N2CC1CCC1. The van der Waals surface area contributed by atoms with Crippen molar-refractivity contribution in [1.29, 1.82) is 0 Å². The number of urea groups is 1. The Bertz CT molecular complexity index is 1010. The molecule has 1 spiro atoms. The normalized spacial score (nSPS) is 27.0. The van der Waals surface area contributed by atoms with Gasteiger partial charge in [-0.05, 0) is 81.3 Å². The number of ether oxygens (including phenoxy) is 1. The Morgan fingerprint density at radius 3 is 2.40 bits per heavy atom. The zero-order valence-corrected chi connectivity index (χ0v) is 21.7. The van der Waals surface area contributed by atoms with Gasteiger partial charge in [-0.1, -0.05) is 55.8 Å². The molecule has 3 fully saturated rings. The zero-order valence-electron chi connectivity index (χ0n) is 21.7. The van der Waals surface area contributed by atoms with Gasteiger partial charge < -0.3 is 14.5 Å². The van der Waals surface area contributed by atoms with Gasteiger partial charge in [-0.3, -0.25) is 4.90 Å². The summed E-state index contributed by atoms with van der Waals surface area (Å²) in [7, 11) is 3.97. The van der Waals surface area contributed by atoms with E-state index in [0.29, 0.717) is 12.5 Å². The molecule has 2 aromatic rings. The summed E-state index contributed by atoms with van der Waals surface area (Å²) in [5.41, 5.74) is 2.55. The summed E-state index contributed by atoms with van der Waals surface area (Å²) in [5, 5.41) is 0. The molecule has 2 saturated carbocycles. The molecule has 2 amide bonds. The Hall–Kier alpha value is -2.53. The first-order valence-electron chi connectivity index (χ1n) is 13.5. The molecule has 5 rings (SSSR count). The molecule has 188 valence electrons. The van der Waals surface area contributed by atoms with Crippen molar-refractivity contribution in [3.63, 3.8) is 0 Å². The van der Waals surface area contributed by atoms with E-state index >= 15 is 0 Å². The van der Waals surface area contributed by atoms with Gasteiger partial charge in [-0.2, -0.15) is 0 Å². The largest absolute Gasteiger partial charge is 0.497 e. The van der Waals surface area contributed by atoms with Gasteiger partial charge in [0.05, 0.1) is 12.6 Å². The molecular weight excluding hydrogens is 434 g/mol. The fraction of sp³-hybridized carbons (Fsp3) is 0.567. The van der Waals surface area contributed by atoms with Crippen molar-refractivity contribution in [2.45, 2.75) is 69.5 Å². The van der Waals surface area contributed by atoms with Crippen LogP contribution in [0.1, 0.15) is 63.0 Å². The van der Waals surface area contributed by atoms with E-state index < -0.39 is 0 Å². The highest BCUT2D eigenvalue weighted by molar-refractivity contribution is 5.78. The van der Waals surface area contributed by atoms with Crippen molar-refractivity contribution < 1.29 is 9.53 Å². The minimum atomic E-state index is -0.0571. The maximum atomic E-state index is 13.8. The van der Waals surface area contributed by atoms with E-state index in [2.05, 4.69) is 71.1 Å². The van der Waals surface area contributed by atoms with Crippen LogP contribution in [0.4, 0.5) is 4.79 Å². The summed E-state index contributed by atoms with van der Waals surface area (Å²) < 4.78 is 5.43. The van der Waals surface area contributed by atoms with E-state index in [1.54, 1.807) is 7.11 Å². The number of methoxy groups -OCH3 is 1. The van der Waals surface area contributed by atoms with Crippen LogP contribution in [0.25, 0.3) is 0 Å². The number of carbonyl (C=O) groups is 1.